The Labute approximate surface area is 84.5 Å². The standard InChI is InChI=1S/C11H16N2O/c1-13-4-2-3-11(13)10-5-9(8-14)6-12-7-10/h6-8,10-11H,2-5H2,1H3. The molecule has 0 aromatic carbocycles. The quantitative estimate of drug-likeness (QED) is 0.617. The Morgan fingerprint density at radius 2 is 2.50 bits per heavy atom. The van der Waals surface area contributed by atoms with Gasteiger partial charge in [-0.15, -0.1) is 0 Å². The van der Waals surface area contributed by atoms with E-state index in [-0.39, 0.29) is 0 Å². The number of nitrogens with zero attached hydrogens (tertiary/aromatic N) is 2. The molecule has 2 aliphatic heterocycles. The molecule has 76 valence electrons. The van der Waals surface area contributed by atoms with E-state index in [9.17, 15) is 4.79 Å². The fraction of sp³-hybridized carbons (Fsp3) is 0.636. The predicted molar refractivity (Wildman–Crippen MR) is 56.4 cm³/mol. The van der Waals surface area contributed by atoms with Crippen LogP contribution in [0, 0.1) is 5.92 Å². The smallest absolute Gasteiger partial charge is 0.147 e. The lowest BCUT2D eigenvalue weighted by atomic mass is 9.91. The Morgan fingerprint density at radius 1 is 1.64 bits per heavy atom. The number of carbonyl (C=O) groups excluding carboxylic acids is 1. The van der Waals surface area contributed by atoms with Crippen molar-refractivity contribution < 1.29 is 4.79 Å². The largest absolute Gasteiger partial charge is 0.303 e. The van der Waals surface area contributed by atoms with Gasteiger partial charge in [0.15, 0.2) is 0 Å². The van der Waals surface area contributed by atoms with Gasteiger partial charge in [0.1, 0.15) is 6.29 Å². The van der Waals surface area contributed by atoms with E-state index in [0.717, 1.165) is 18.3 Å². The lowest BCUT2D eigenvalue weighted by Crippen LogP contribution is -2.34. The highest BCUT2D eigenvalue weighted by Crippen LogP contribution is 2.27. The molecule has 2 rings (SSSR count). The molecule has 0 N–H and O–H groups in total. The first-order valence-electron chi connectivity index (χ1n) is 5.19. The van der Waals surface area contributed by atoms with Gasteiger partial charge in [0.25, 0.3) is 0 Å². The van der Waals surface area contributed by atoms with E-state index in [2.05, 4.69) is 16.9 Å². The van der Waals surface area contributed by atoms with Crippen LogP contribution in [0.5, 0.6) is 0 Å². The Hall–Kier alpha value is -0.960. The summed E-state index contributed by atoms with van der Waals surface area (Å²) >= 11 is 0. The molecule has 3 nitrogen and oxygen atoms in total. The van der Waals surface area contributed by atoms with Crippen LogP contribution in [0.25, 0.3) is 0 Å². The third kappa shape index (κ3) is 1.77. The van der Waals surface area contributed by atoms with Gasteiger partial charge in [-0.1, -0.05) is 0 Å². The van der Waals surface area contributed by atoms with E-state index >= 15 is 0 Å². The number of allylic oxidation sites excluding steroid dienone is 1. The Bertz CT molecular complexity index is 283. The van der Waals surface area contributed by atoms with Crippen LogP contribution in [0.3, 0.4) is 0 Å². The number of hydrogen-bond donors (Lipinski definition) is 0. The minimum Gasteiger partial charge on any atom is -0.303 e. The number of carbonyl (C=O) groups is 1. The first kappa shape index (κ1) is 9.59. The van der Waals surface area contributed by atoms with E-state index in [1.807, 2.05) is 6.21 Å². The van der Waals surface area contributed by atoms with Crippen molar-refractivity contribution in [2.45, 2.75) is 25.3 Å². The fourth-order valence-corrected chi connectivity index (χ4v) is 2.42. The highest BCUT2D eigenvalue weighted by molar-refractivity contribution is 5.77. The van der Waals surface area contributed by atoms with E-state index in [1.54, 1.807) is 6.20 Å². The molecule has 3 heteroatoms. The van der Waals surface area contributed by atoms with E-state index in [4.69, 9.17) is 0 Å². The van der Waals surface area contributed by atoms with Crippen LogP contribution in [0.2, 0.25) is 0 Å². The van der Waals surface area contributed by atoms with Crippen molar-refractivity contribution in [2.24, 2.45) is 10.9 Å². The molecular formula is C11H16N2O. The first-order chi connectivity index (χ1) is 6.81. The highest BCUT2D eigenvalue weighted by atomic mass is 16.1. The number of rotatable bonds is 2. The Balaban J connectivity index is 2.03. The summed E-state index contributed by atoms with van der Waals surface area (Å²) in [5.41, 5.74) is 0.831. The molecule has 0 bridgehead atoms. The van der Waals surface area contributed by atoms with Gasteiger partial charge < -0.3 is 4.90 Å². The number of aliphatic imine (C=N–C) groups is 1. The zero-order chi connectivity index (χ0) is 9.97. The fourth-order valence-electron chi connectivity index (χ4n) is 2.42. The summed E-state index contributed by atoms with van der Waals surface area (Å²) in [5.74, 6) is 0.438. The van der Waals surface area contributed by atoms with Crippen LogP contribution in [-0.2, 0) is 4.79 Å². The molecule has 1 fully saturated rings. The topological polar surface area (TPSA) is 32.7 Å². The Kier molecular flexibility index (Phi) is 2.77. The minimum atomic E-state index is 0.438. The van der Waals surface area contributed by atoms with Gasteiger partial charge >= 0.3 is 0 Å². The first-order valence-corrected chi connectivity index (χ1v) is 5.19. The van der Waals surface area contributed by atoms with Crippen molar-refractivity contribution in [3.05, 3.63) is 11.8 Å². The van der Waals surface area contributed by atoms with Crippen molar-refractivity contribution in [3.63, 3.8) is 0 Å². The van der Waals surface area contributed by atoms with Crippen LogP contribution in [0.15, 0.2) is 16.8 Å². The van der Waals surface area contributed by atoms with Crippen LogP contribution in [0.1, 0.15) is 19.3 Å². The Morgan fingerprint density at radius 3 is 3.14 bits per heavy atom. The summed E-state index contributed by atoms with van der Waals surface area (Å²) in [7, 11) is 2.16. The molecule has 1 saturated heterocycles. The molecule has 2 aliphatic rings. The molecule has 0 spiro atoms. The summed E-state index contributed by atoms with van der Waals surface area (Å²) in [6.07, 6.45) is 7.98. The monoisotopic (exact) mass is 192 g/mol. The van der Waals surface area contributed by atoms with Crippen molar-refractivity contribution in [3.8, 4) is 0 Å². The van der Waals surface area contributed by atoms with E-state index in [0.29, 0.717) is 12.0 Å². The third-order valence-corrected chi connectivity index (χ3v) is 3.21. The molecule has 0 saturated carbocycles. The molecule has 0 aromatic rings. The van der Waals surface area contributed by atoms with Crippen LogP contribution >= 0.6 is 0 Å². The molecule has 2 heterocycles. The second kappa shape index (κ2) is 4.05. The predicted octanol–water partition coefficient (Wildman–Crippen LogP) is 1.25. The second-order valence-electron chi connectivity index (χ2n) is 4.18. The molecule has 0 radical (unpaired) electrons. The molecule has 0 amide bonds. The normalized spacial score (nSPS) is 33.1. The average molecular weight is 192 g/mol. The minimum absolute atomic E-state index is 0.438. The summed E-state index contributed by atoms with van der Waals surface area (Å²) in [4.78, 5) is 17.2. The second-order valence-corrected chi connectivity index (χ2v) is 4.18. The summed E-state index contributed by atoms with van der Waals surface area (Å²) in [5, 5.41) is 0. The van der Waals surface area contributed by atoms with E-state index < -0.39 is 0 Å². The molecule has 0 aromatic heterocycles. The summed E-state index contributed by atoms with van der Waals surface area (Å²) in [6, 6.07) is 0.586. The lowest BCUT2D eigenvalue weighted by molar-refractivity contribution is -0.105. The summed E-state index contributed by atoms with van der Waals surface area (Å²) < 4.78 is 0. The van der Waals surface area contributed by atoms with E-state index in [1.165, 1.54) is 19.4 Å². The van der Waals surface area contributed by atoms with Gasteiger partial charge in [-0.25, -0.2) is 0 Å². The SMILES string of the molecule is CN1CCCC1C1C=NC=C(C=O)C1. The van der Waals surface area contributed by atoms with Crippen LogP contribution < -0.4 is 0 Å². The van der Waals surface area contributed by atoms with Crippen molar-refractivity contribution in [2.75, 3.05) is 13.6 Å². The van der Waals surface area contributed by atoms with Crippen molar-refractivity contribution >= 4 is 12.5 Å². The molecule has 2 atom stereocenters. The maximum atomic E-state index is 10.6. The van der Waals surface area contributed by atoms with Gasteiger partial charge in [-0.05, 0) is 32.9 Å². The molecular weight excluding hydrogens is 176 g/mol. The molecule has 2 unspecified atom stereocenters. The number of hydrogen-bond acceptors (Lipinski definition) is 3. The van der Waals surface area contributed by atoms with Crippen molar-refractivity contribution in [1.29, 1.82) is 0 Å². The van der Waals surface area contributed by atoms with Gasteiger partial charge in [0.2, 0.25) is 0 Å². The lowest BCUT2D eigenvalue weighted by Gasteiger charge is -2.27. The average Bonchev–Trinajstić information content (AvgIpc) is 2.65. The maximum absolute atomic E-state index is 10.6. The van der Waals surface area contributed by atoms with Gasteiger partial charge in [-0.2, -0.15) is 0 Å². The highest BCUT2D eigenvalue weighted by Gasteiger charge is 2.29. The summed E-state index contributed by atoms with van der Waals surface area (Å²) in [6.45, 7) is 1.18. The van der Waals surface area contributed by atoms with Gasteiger partial charge in [0.05, 0.1) is 0 Å². The third-order valence-electron chi connectivity index (χ3n) is 3.21. The van der Waals surface area contributed by atoms with Crippen LogP contribution in [-0.4, -0.2) is 37.0 Å². The number of likely N-dealkylation sites (tertiary alicyclic amines) is 1. The zero-order valence-electron chi connectivity index (χ0n) is 8.52. The number of aldehydes is 1. The molecule has 14 heavy (non-hydrogen) atoms. The molecule has 0 aliphatic carbocycles. The maximum Gasteiger partial charge on any atom is 0.147 e. The van der Waals surface area contributed by atoms with Gasteiger partial charge in [-0.3, -0.25) is 9.79 Å². The zero-order valence-corrected chi connectivity index (χ0v) is 8.52. The van der Waals surface area contributed by atoms with Gasteiger partial charge in [0, 0.05) is 29.9 Å². The van der Waals surface area contributed by atoms with Crippen molar-refractivity contribution in [1.82, 2.24) is 4.90 Å². The van der Waals surface area contributed by atoms with Crippen LogP contribution in [0.4, 0.5) is 0 Å².